The molecule has 46 heavy (non-hydrogen) atoms. The molecule has 0 radical (unpaired) electrons. The Kier molecular flexibility index (Phi) is 6.13. The molecule has 6 aromatic rings. The van der Waals surface area contributed by atoms with Crippen LogP contribution >= 0.6 is 23.2 Å². The third-order valence-corrected chi connectivity index (χ3v) is 10.5. The Morgan fingerprint density at radius 1 is 0.891 bits per heavy atom. The van der Waals surface area contributed by atoms with Crippen molar-refractivity contribution in [1.29, 1.82) is 0 Å². The van der Waals surface area contributed by atoms with Gasteiger partial charge in [-0.3, -0.25) is 14.5 Å². The van der Waals surface area contributed by atoms with E-state index in [1.54, 1.807) is 35.0 Å². The number of anilines is 1. The van der Waals surface area contributed by atoms with E-state index in [-0.39, 0.29) is 17.7 Å². The molecule has 3 aliphatic heterocycles. The molecule has 1 N–H and O–H groups in total. The molecule has 0 unspecified atom stereocenters. The maximum absolute atomic E-state index is 15.1. The molecule has 4 atom stereocenters. The van der Waals surface area contributed by atoms with Crippen LogP contribution in [0, 0.1) is 5.92 Å². The minimum atomic E-state index is -1.28. The minimum absolute atomic E-state index is 0.131. The van der Waals surface area contributed by atoms with Crippen LogP contribution in [-0.2, 0) is 10.3 Å². The molecule has 8 nitrogen and oxygen atoms in total. The Balaban J connectivity index is 1.36. The van der Waals surface area contributed by atoms with E-state index in [0.29, 0.717) is 33.7 Å². The van der Waals surface area contributed by atoms with Gasteiger partial charge in [-0.15, -0.1) is 5.10 Å². The summed E-state index contributed by atoms with van der Waals surface area (Å²) in [5.74, 6) is -0.985. The molecule has 5 heterocycles. The number of carbonyl (C=O) groups is 2. The highest BCUT2D eigenvalue weighted by molar-refractivity contribution is 6.31. The number of nitrogens with one attached hydrogen (secondary N) is 1. The van der Waals surface area contributed by atoms with E-state index < -0.39 is 17.4 Å². The van der Waals surface area contributed by atoms with Crippen LogP contribution in [0.4, 0.5) is 5.69 Å². The fourth-order valence-corrected chi connectivity index (χ4v) is 8.53. The molecule has 3 aliphatic rings. The van der Waals surface area contributed by atoms with Crippen LogP contribution in [0.3, 0.4) is 0 Å². The third-order valence-electron chi connectivity index (χ3n) is 10.0. The number of rotatable bonds is 4. The maximum atomic E-state index is 15.1. The van der Waals surface area contributed by atoms with E-state index in [0.717, 1.165) is 45.9 Å². The molecule has 1 amide bonds. The first kappa shape index (κ1) is 27.7. The number of aromatic nitrogens is 4. The summed E-state index contributed by atoms with van der Waals surface area (Å²) in [6, 6.07) is 30.1. The number of pyridine rings is 1. The average Bonchev–Trinajstić information content (AvgIpc) is 3.84. The Morgan fingerprint density at radius 3 is 2.50 bits per heavy atom. The number of Topliss-reactive ketones (excluding diaryl/α,β-unsaturated/α-hetero) is 1. The zero-order valence-electron chi connectivity index (χ0n) is 24.4. The predicted octanol–water partition coefficient (Wildman–Crippen LogP) is 7.18. The lowest BCUT2D eigenvalue weighted by molar-refractivity contribution is -0.127. The normalized spacial score (nSPS) is 23.7. The Hall–Kier alpha value is -4.63. The number of carbonyl (C=O) groups excluding carboxylic acids is 2. The second kappa shape index (κ2) is 10.2. The summed E-state index contributed by atoms with van der Waals surface area (Å²) in [7, 11) is 0. The molecule has 2 aromatic heterocycles. The molecule has 2 fully saturated rings. The molecule has 4 aromatic carbocycles. The second-order valence-corrected chi connectivity index (χ2v) is 13.1. The fourth-order valence-electron chi connectivity index (χ4n) is 8.23. The van der Waals surface area contributed by atoms with Crippen molar-refractivity contribution < 1.29 is 9.59 Å². The van der Waals surface area contributed by atoms with Crippen LogP contribution in [0.5, 0.6) is 0 Å². The number of nitrogens with zero attached hydrogens (tertiary/aromatic N) is 5. The molecule has 9 rings (SSSR count). The molecule has 0 saturated carbocycles. The van der Waals surface area contributed by atoms with Gasteiger partial charge in [0.2, 0.25) is 5.91 Å². The van der Waals surface area contributed by atoms with Gasteiger partial charge in [0.15, 0.2) is 11.6 Å². The number of hydrogen-bond donors (Lipinski definition) is 1. The molecule has 2 saturated heterocycles. The Labute approximate surface area is 273 Å². The average molecular weight is 646 g/mol. The number of ketones is 1. The van der Waals surface area contributed by atoms with Gasteiger partial charge in [0.1, 0.15) is 11.1 Å². The van der Waals surface area contributed by atoms with Gasteiger partial charge in [-0.1, -0.05) is 58.7 Å². The van der Waals surface area contributed by atoms with Crippen molar-refractivity contribution in [2.24, 2.45) is 5.92 Å². The number of fused-ring (bicyclic) bond motifs is 6. The zero-order chi connectivity index (χ0) is 31.2. The molecule has 1 spiro atoms. The molecule has 10 heteroatoms. The van der Waals surface area contributed by atoms with Gasteiger partial charge in [0.05, 0.1) is 17.0 Å². The summed E-state index contributed by atoms with van der Waals surface area (Å²) in [6.07, 6.45) is 1.70. The first-order valence-corrected chi connectivity index (χ1v) is 16.1. The van der Waals surface area contributed by atoms with Crippen molar-refractivity contribution in [1.82, 2.24) is 24.9 Å². The zero-order valence-corrected chi connectivity index (χ0v) is 25.9. The van der Waals surface area contributed by atoms with E-state index in [2.05, 4.69) is 26.6 Å². The first-order valence-electron chi connectivity index (χ1n) is 15.3. The van der Waals surface area contributed by atoms with Crippen LogP contribution in [0.2, 0.25) is 10.0 Å². The Bertz CT molecular complexity index is 2230. The highest BCUT2D eigenvalue weighted by Gasteiger charge is 2.69. The summed E-state index contributed by atoms with van der Waals surface area (Å²) < 4.78 is 1.77. The van der Waals surface area contributed by atoms with Crippen LogP contribution in [0.25, 0.3) is 27.8 Å². The van der Waals surface area contributed by atoms with E-state index >= 15 is 4.79 Å². The van der Waals surface area contributed by atoms with E-state index in [4.69, 9.17) is 28.2 Å². The van der Waals surface area contributed by atoms with Gasteiger partial charge in [-0.2, -0.15) is 4.68 Å². The van der Waals surface area contributed by atoms with Crippen LogP contribution in [0.15, 0.2) is 97.1 Å². The van der Waals surface area contributed by atoms with Crippen LogP contribution in [0.1, 0.15) is 40.2 Å². The summed E-state index contributed by atoms with van der Waals surface area (Å²) in [5.41, 5.74) is 3.80. The monoisotopic (exact) mass is 644 g/mol. The minimum Gasteiger partial charge on any atom is -0.324 e. The third kappa shape index (κ3) is 3.81. The fraction of sp³-hybridized carbons (Fsp3) is 0.194. The highest BCUT2D eigenvalue weighted by atomic mass is 35.5. The van der Waals surface area contributed by atoms with Crippen molar-refractivity contribution in [3.8, 4) is 5.82 Å². The van der Waals surface area contributed by atoms with E-state index in [1.807, 2.05) is 60.7 Å². The molecule has 226 valence electrons. The van der Waals surface area contributed by atoms with E-state index in [1.165, 1.54) is 0 Å². The van der Waals surface area contributed by atoms with Crippen LogP contribution in [-0.4, -0.2) is 49.2 Å². The predicted molar refractivity (Wildman–Crippen MR) is 178 cm³/mol. The van der Waals surface area contributed by atoms with Gasteiger partial charge in [-0.05, 0) is 86.1 Å². The van der Waals surface area contributed by atoms with Gasteiger partial charge in [0.25, 0.3) is 0 Å². The SMILES string of the molecule is O=C(c1ccc(Cl)cc1)[C@@H]1[C@@H](c2cc3ccccc3nc2-n2nnc3ccccc32)[C@@H]2CCCN2[C@@]12C(=O)Nc1ccc(Cl)cc12. The lowest BCUT2D eigenvalue weighted by Crippen LogP contribution is -2.52. The number of para-hydroxylation sites is 2. The van der Waals surface area contributed by atoms with Gasteiger partial charge >= 0.3 is 0 Å². The van der Waals surface area contributed by atoms with Crippen molar-refractivity contribution in [3.05, 3.63) is 124 Å². The van der Waals surface area contributed by atoms with Crippen molar-refractivity contribution >= 4 is 62.5 Å². The standard InChI is InChI=1S/C36H26Cl2N6O2/c37-22-13-11-20(12-14-22)33(45)32-31(30-10-5-17-43(30)36(32)25-19-23(38)15-16-27(25)40-35(36)46)24-18-21-6-1-2-7-26(21)39-34(24)44-29-9-4-3-8-28(29)41-42-44/h1-4,6-9,11-16,18-19,30-32H,5,10,17H2,(H,40,46)/t30-,31-,32-,36+/m0/s1. The number of hydrogen-bond acceptors (Lipinski definition) is 6. The summed E-state index contributed by atoms with van der Waals surface area (Å²) in [5, 5.41) is 14.1. The van der Waals surface area contributed by atoms with Gasteiger partial charge < -0.3 is 5.32 Å². The molecule has 0 aliphatic carbocycles. The smallest absolute Gasteiger partial charge is 0.250 e. The van der Waals surface area contributed by atoms with Crippen molar-refractivity contribution in [2.75, 3.05) is 11.9 Å². The topological polar surface area (TPSA) is 93.0 Å². The maximum Gasteiger partial charge on any atom is 0.250 e. The summed E-state index contributed by atoms with van der Waals surface area (Å²) in [4.78, 5) is 37.1. The largest absolute Gasteiger partial charge is 0.324 e. The number of halogens is 2. The lowest BCUT2D eigenvalue weighted by atomic mass is 9.68. The Morgan fingerprint density at radius 2 is 1.65 bits per heavy atom. The first-order chi connectivity index (χ1) is 22.4. The molecular formula is C36H26Cl2N6O2. The lowest BCUT2D eigenvalue weighted by Gasteiger charge is -2.37. The van der Waals surface area contributed by atoms with Crippen LogP contribution < -0.4 is 5.32 Å². The summed E-state index contributed by atoms with van der Waals surface area (Å²) >= 11 is 12.9. The van der Waals surface area contributed by atoms with Gasteiger partial charge in [0, 0.05) is 49.8 Å². The van der Waals surface area contributed by atoms with E-state index in [9.17, 15) is 4.79 Å². The van der Waals surface area contributed by atoms with Gasteiger partial charge in [-0.25, -0.2) is 4.98 Å². The highest BCUT2D eigenvalue weighted by Crippen LogP contribution is 2.62. The molecule has 0 bridgehead atoms. The quantitative estimate of drug-likeness (QED) is 0.204. The van der Waals surface area contributed by atoms with Crippen molar-refractivity contribution in [3.63, 3.8) is 0 Å². The van der Waals surface area contributed by atoms with Crippen molar-refractivity contribution in [2.45, 2.75) is 30.3 Å². The second-order valence-electron chi connectivity index (χ2n) is 12.3. The number of amides is 1. The number of benzene rings is 4. The summed E-state index contributed by atoms with van der Waals surface area (Å²) in [6.45, 7) is 0.660. The molecular weight excluding hydrogens is 619 g/mol.